The van der Waals surface area contributed by atoms with Gasteiger partial charge in [-0.3, -0.25) is 4.79 Å². The minimum absolute atomic E-state index is 0.0117. The summed E-state index contributed by atoms with van der Waals surface area (Å²) in [7, 11) is 0. The van der Waals surface area contributed by atoms with Crippen molar-refractivity contribution >= 4 is 11.8 Å². The lowest BCUT2D eigenvalue weighted by molar-refractivity contribution is -0.143. The van der Waals surface area contributed by atoms with E-state index in [4.69, 9.17) is 4.74 Å². The molecule has 0 aliphatic carbocycles. The molecule has 1 heterocycles. The molecule has 0 bridgehead atoms. The molecular weight excluding hydrogens is 168 g/mol. The molecule has 0 saturated carbocycles. The fourth-order valence-electron chi connectivity index (χ4n) is 1.10. The van der Waals surface area contributed by atoms with Crippen molar-refractivity contribution < 1.29 is 14.3 Å². The van der Waals surface area contributed by atoms with Crippen LogP contribution in [0.4, 0.5) is 0 Å². The Morgan fingerprint density at radius 2 is 2.54 bits per heavy atom. The summed E-state index contributed by atoms with van der Waals surface area (Å²) < 4.78 is 4.98. The molecule has 1 aliphatic rings. The average Bonchev–Trinajstić information content (AvgIpc) is 2.03. The standard InChI is InChI=1S/C10H12O3/c1-8(11)4-2-5-9-6-3-7-10(12)13-9/h2-4,7,9H,5-6H2,1H3/b4-2+/t9-/m1/s1. The fourth-order valence-corrected chi connectivity index (χ4v) is 1.10. The third-order valence-corrected chi connectivity index (χ3v) is 1.69. The minimum atomic E-state index is -0.299. The van der Waals surface area contributed by atoms with Gasteiger partial charge in [0.2, 0.25) is 0 Å². The lowest BCUT2D eigenvalue weighted by Crippen LogP contribution is -2.18. The molecule has 70 valence electrons. The molecule has 0 aromatic heterocycles. The second-order valence-electron chi connectivity index (χ2n) is 2.95. The Morgan fingerprint density at radius 3 is 3.15 bits per heavy atom. The smallest absolute Gasteiger partial charge is 0.330 e. The van der Waals surface area contributed by atoms with Crippen LogP contribution in [0.5, 0.6) is 0 Å². The molecule has 1 atom stereocenters. The van der Waals surface area contributed by atoms with E-state index in [1.165, 1.54) is 19.1 Å². The first-order chi connectivity index (χ1) is 6.18. The van der Waals surface area contributed by atoms with Gasteiger partial charge in [0.05, 0.1) is 0 Å². The number of ketones is 1. The van der Waals surface area contributed by atoms with Crippen LogP contribution in [0.1, 0.15) is 19.8 Å². The molecule has 0 aromatic rings. The van der Waals surface area contributed by atoms with Crippen molar-refractivity contribution in [2.24, 2.45) is 0 Å². The van der Waals surface area contributed by atoms with Crippen LogP contribution < -0.4 is 0 Å². The van der Waals surface area contributed by atoms with Gasteiger partial charge in [0.25, 0.3) is 0 Å². The highest BCUT2D eigenvalue weighted by atomic mass is 16.5. The molecule has 3 nitrogen and oxygen atoms in total. The highest BCUT2D eigenvalue weighted by Gasteiger charge is 2.13. The average molecular weight is 180 g/mol. The number of carbonyl (C=O) groups is 2. The van der Waals surface area contributed by atoms with Gasteiger partial charge < -0.3 is 4.74 Å². The van der Waals surface area contributed by atoms with Gasteiger partial charge >= 0.3 is 5.97 Å². The Hall–Kier alpha value is -1.38. The highest BCUT2D eigenvalue weighted by Crippen LogP contribution is 2.11. The summed E-state index contributed by atoms with van der Waals surface area (Å²) in [6.45, 7) is 1.49. The van der Waals surface area contributed by atoms with E-state index in [9.17, 15) is 9.59 Å². The minimum Gasteiger partial charge on any atom is -0.459 e. The predicted molar refractivity (Wildman–Crippen MR) is 48.1 cm³/mol. The van der Waals surface area contributed by atoms with Crippen molar-refractivity contribution in [3.05, 3.63) is 24.3 Å². The summed E-state index contributed by atoms with van der Waals surface area (Å²) in [5, 5.41) is 0. The first kappa shape index (κ1) is 9.71. The van der Waals surface area contributed by atoms with Gasteiger partial charge in [-0.15, -0.1) is 0 Å². The number of hydrogen-bond acceptors (Lipinski definition) is 3. The van der Waals surface area contributed by atoms with E-state index >= 15 is 0 Å². The maximum absolute atomic E-state index is 10.8. The number of cyclic esters (lactones) is 1. The van der Waals surface area contributed by atoms with Gasteiger partial charge in [0.1, 0.15) is 6.10 Å². The van der Waals surface area contributed by atoms with E-state index in [1.807, 2.05) is 0 Å². The molecule has 0 spiro atoms. The van der Waals surface area contributed by atoms with Crippen LogP contribution in [0, 0.1) is 0 Å². The molecule has 0 amide bonds. The molecular formula is C10H12O3. The molecule has 3 heteroatoms. The van der Waals surface area contributed by atoms with Crippen LogP contribution in [-0.4, -0.2) is 17.9 Å². The first-order valence-electron chi connectivity index (χ1n) is 4.23. The number of allylic oxidation sites excluding steroid dienone is 1. The maximum Gasteiger partial charge on any atom is 0.330 e. The summed E-state index contributed by atoms with van der Waals surface area (Å²) in [5.41, 5.74) is 0. The SMILES string of the molecule is CC(=O)/C=C/C[C@@H]1CC=CC(=O)O1. The van der Waals surface area contributed by atoms with Gasteiger partial charge in [-0.25, -0.2) is 4.79 Å². The Bertz CT molecular complexity index is 263. The number of ether oxygens (including phenoxy) is 1. The Labute approximate surface area is 77.1 Å². The summed E-state index contributed by atoms with van der Waals surface area (Å²) in [6.07, 6.45) is 7.67. The summed E-state index contributed by atoms with van der Waals surface area (Å²) in [5.74, 6) is -0.287. The molecule has 0 unspecified atom stereocenters. The van der Waals surface area contributed by atoms with E-state index in [0.717, 1.165) is 6.42 Å². The van der Waals surface area contributed by atoms with Gasteiger partial charge in [0, 0.05) is 18.9 Å². The number of hydrogen-bond donors (Lipinski definition) is 0. The lowest BCUT2D eigenvalue weighted by Gasteiger charge is -2.16. The molecule has 0 aromatic carbocycles. The zero-order valence-corrected chi connectivity index (χ0v) is 7.53. The quantitative estimate of drug-likeness (QED) is 0.487. The van der Waals surface area contributed by atoms with Gasteiger partial charge in [0.15, 0.2) is 5.78 Å². The normalized spacial score (nSPS) is 21.9. The molecule has 0 fully saturated rings. The molecule has 13 heavy (non-hydrogen) atoms. The van der Waals surface area contributed by atoms with Crippen LogP contribution in [0.3, 0.4) is 0 Å². The monoisotopic (exact) mass is 180 g/mol. The van der Waals surface area contributed by atoms with Crippen LogP contribution in [0.25, 0.3) is 0 Å². The molecule has 1 aliphatic heterocycles. The van der Waals surface area contributed by atoms with Crippen LogP contribution >= 0.6 is 0 Å². The van der Waals surface area contributed by atoms with E-state index in [1.54, 1.807) is 12.2 Å². The Balaban J connectivity index is 2.34. The van der Waals surface area contributed by atoms with Crippen molar-refractivity contribution in [2.45, 2.75) is 25.9 Å². The zero-order chi connectivity index (χ0) is 9.68. The van der Waals surface area contributed by atoms with Gasteiger partial charge in [-0.05, 0) is 13.0 Å². The number of carbonyl (C=O) groups excluding carboxylic acids is 2. The largest absolute Gasteiger partial charge is 0.459 e. The van der Waals surface area contributed by atoms with E-state index in [2.05, 4.69) is 0 Å². The molecule has 0 N–H and O–H groups in total. The lowest BCUT2D eigenvalue weighted by atomic mass is 10.1. The topological polar surface area (TPSA) is 43.4 Å². The fraction of sp³-hybridized carbons (Fsp3) is 0.400. The Kier molecular flexibility index (Phi) is 3.43. The summed E-state index contributed by atoms with van der Waals surface area (Å²) in [6, 6.07) is 0. The van der Waals surface area contributed by atoms with Crippen molar-refractivity contribution in [3.63, 3.8) is 0 Å². The van der Waals surface area contributed by atoms with Crippen molar-refractivity contribution in [1.82, 2.24) is 0 Å². The number of esters is 1. The first-order valence-corrected chi connectivity index (χ1v) is 4.23. The number of rotatable bonds is 3. The third kappa shape index (κ3) is 3.69. The maximum atomic E-state index is 10.8. The van der Waals surface area contributed by atoms with Crippen LogP contribution in [0.2, 0.25) is 0 Å². The van der Waals surface area contributed by atoms with Crippen molar-refractivity contribution in [3.8, 4) is 0 Å². The second-order valence-corrected chi connectivity index (χ2v) is 2.95. The molecule has 1 rings (SSSR count). The zero-order valence-electron chi connectivity index (χ0n) is 7.53. The van der Waals surface area contributed by atoms with Crippen LogP contribution in [-0.2, 0) is 14.3 Å². The molecule has 0 saturated heterocycles. The second kappa shape index (κ2) is 4.60. The third-order valence-electron chi connectivity index (χ3n) is 1.69. The van der Waals surface area contributed by atoms with Crippen LogP contribution in [0.15, 0.2) is 24.3 Å². The van der Waals surface area contributed by atoms with E-state index < -0.39 is 0 Å². The highest BCUT2D eigenvalue weighted by molar-refractivity contribution is 5.87. The van der Waals surface area contributed by atoms with Crippen molar-refractivity contribution in [2.75, 3.05) is 0 Å². The molecule has 0 radical (unpaired) electrons. The summed E-state index contributed by atoms with van der Waals surface area (Å²) in [4.78, 5) is 21.3. The van der Waals surface area contributed by atoms with Gasteiger partial charge in [-0.1, -0.05) is 12.2 Å². The van der Waals surface area contributed by atoms with E-state index in [0.29, 0.717) is 6.42 Å². The predicted octanol–water partition coefficient (Wildman–Crippen LogP) is 1.39. The summed E-state index contributed by atoms with van der Waals surface area (Å²) >= 11 is 0. The van der Waals surface area contributed by atoms with Gasteiger partial charge in [-0.2, -0.15) is 0 Å². The van der Waals surface area contributed by atoms with Crippen molar-refractivity contribution in [1.29, 1.82) is 0 Å². The Morgan fingerprint density at radius 1 is 1.77 bits per heavy atom. The van der Waals surface area contributed by atoms with E-state index in [-0.39, 0.29) is 17.9 Å².